The van der Waals surface area contributed by atoms with Crippen LogP contribution in [0.1, 0.15) is 51.0 Å². The van der Waals surface area contributed by atoms with E-state index in [0.29, 0.717) is 5.75 Å². The van der Waals surface area contributed by atoms with Gasteiger partial charge in [-0.25, -0.2) is 0 Å². The first kappa shape index (κ1) is 20.3. The molecular weight excluding hydrogens is 352 g/mol. The summed E-state index contributed by atoms with van der Waals surface area (Å²) >= 11 is 0. The van der Waals surface area contributed by atoms with E-state index in [1.807, 2.05) is 18.2 Å². The van der Waals surface area contributed by atoms with Gasteiger partial charge in [0.1, 0.15) is 10.6 Å². The number of rotatable bonds is 10. The maximum Gasteiger partial charge on any atom is 0.298 e. The van der Waals surface area contributed by atoms with E-state index in [4.69, 9.17) is 4.74 Å². The molecule has 0 aliphatic heterocycles. The standard InChI is InChI=1S/C20H26O5S/c1-2-3-4-5-6-7-10-16-11-8-12-17(15-16)25-20-18(21)13-9-14-19(20)26(22,23)24/h8-9,11-15,21H,2-7,10H2,1H3,(H,22,23,24). The summed E-state index contributed by atoms with van der Waals surface area (Å²) in [6, 6.07) is 11.2. The Kier molecular flexibility index (Phi) is 7.48. The predicted molar refractivity (Wildman–Crippen MR) is 102 cm³/mol. The second-order valence-electron chi connectivity index (χ2n) is 6.35. The molecule has 26 heavy (non-hydrogen) atoms. The van der Waals surface area contributed by atoms with Crippen molar-refractivity contribution in [2.75, 3.05) is 0 Å². The van der Waals surface area contributed by atoms with Crippen molar-refractivity contribution in [2.45, 2.75) is 56.8 Å². The molecule has 0 fully saturated rings. The van der Waals surface area contributed by atoms with E-state index in [9.17, 15) is 18.1 Å². The third-order valence-corrected chi connectivity index (χ3v) is 5.05. The summed E-state index contributed by atoms with van der Waals surface area (Å²) < 4.78 is 37.8. The van der Waals surface area contributed by atoms with Crippen LogP contribution in [0.25, 0.3) is 0 Å². The fourth-order valence-corrected chi connectivity index (χ4v) is 3.43. The summed E-state index contributed by atoms with van der Waals surface area (Å²) in [5.74, 6) is -0.201. The number of benzene rings is 2. The van der Waals surface area contributed by atoms with Crippen LogP contribution in [0.5, 0.6) is 17.2 Å². The summed E-state index contributed by atoms with van der Waals surface area (Å²) in [4.78, 5) is -0.459. The minimum Gasteiger partial charge on any atom is -0.504 e. The van der Waals surface area contributed by atoms with Gasteiger partial charge in [-0.05, 0) is 42.7 Å². The molecule has 0 spiro atoms. The number of ether oxygens (including phenoxy) is 1. The molecule has 2 aromatic rings. The van der Waals surface area contributed by atoms with Gasteiger partial charge in [0, 0.05) is 0 Å². The number of phenolic OH excluding ortho intramolecular Hbond substituents is 1. The third-order valence-electron chi connectivity index (χ3n) is 4.17. The highest BCUT2D eigenvalue weighted by Gasteiger charge is 2.20. The van der Waals surface area contributed by atoms with Crippen molar-refractivity contribution in [1.29, 1.82) is 0 Å². The van der Waals surface area contributed by atoms with Crippen molar-refractivity contribution < 1.29 is 22.8 Å². The van der Waals surface area contributed by atoms with E-state index >= 15 is 0 Å². The van der Waals surface area contributed by atoms with Crippen LogP contribution in [0, 0.1) is 0 Å². The van der Waals surface area contributed by atoms with Crippen LogP contribution in [0.15, 0.2) is 47.4 Å². The van der Waals surface area contributed by atoms with Gasteiger partial charge in [-0.1, -0.05) is 57.2 Å². The number of aryl methyl sites for hydroxylation is 1. The van der Waals surface area contributed by atoms with Crippen LogP contribution in [-0.2, 0) is 16.5 Å². The Morgan fingerprint density at radius 1 is 0.962 bits per heavy atom. The molecule has 0 saturated heterocycles. The second-order valence-corrected chi connectivity index (χ2v) is 7.74. The van der Waals surface area contributed by atoms with E-state index in [1.54, 1.807) is 6.07 Å². The molecule has 0 aromatic heterocycles. The molecule has 2 rings (SSSR count). The lowest BCUT2D eigenvalue weighted by Crippen LogP contribution is -2.01. The average molecular weight is 378 g/mol. The Hall–Kier alpha value is -2.05. The number of hydrogen-bond donors (Lipinski definition) is 2. The first-order valence-electron chi connectivity index (χ1n) is 8.98. The van der Waals surface area contributed by atoms with Gasteiger partial charge in [0.25, 0.3) is 10.1 Å². The molecule has 2 aromatic carbocycles. The first-order valence-corrected chi connectivity index (χ1v) is 10.4. The SMILES string of the molecule is CCCCCCCCc1cccc(Oc2c(O)cccc2S(=O)(=O)O)c1. The van der Waals surface area contributed by atoms with Gasteiger partial charge in [0.2, 0.25) is 0 Å². The molecule has 142 valence electrons. The number of hydrogen-bond acceptors (Lipinski definition) is 4. The molecule has 5 nitrogen and oxygen atoms in total. The number of unbranched alkanes of at least 4 members (excludes halogenated alkanes) is 5. The Bertz CT molecular complexity index is 815. The number of para-hydroxylation sites is 1. The Labute approximate surface area is 155 Å². The molecular formula is C20H26O5S. The second kappa shape index (κ2) is 9.59. The number of phenols is 1. The summed E-state index contributed by atoms with van der Waals surface area (Å²) in [5, 5.41) is 9.93. The maximum atomic E-state index is 11.5. The Morgan fingerprint density at radius 3 is 2.38 bits per heavy atom. The Morgan fingerprint density at radius 2 is 1.65 bits per heavy atom. The van der Waals surface area contributed by atoms with Gasteiger partial charge in [-0.15, -0.1) is 0 Å². The fourth-order valence-electron chi connectivity index (χ4n) is 2.80. The molecule has 0 bridgehead atoms. The molecule has 0 aliphatic carbocycles. The van der Waals surface area contributed by atoms with Crippen molar-refractivity contribution in [1.82, 2.24) is 0 Å². The summed E-state index contributed by atoms with van der Waals surface area (Å²) in [7, 11) is -4.50. The molecule has 0 atom stereocenters. The first-order chi connectivity index (χ1) is 12.4. The highest BCUT2D eigenvalue weighted by atomic mass is 32.2. The van der Waals surface area contributed by atoms with Gasteiger partial charge >= 0.3 is 0 Å². The van der Waals surface area contributed by atoms with Gasteiger partial charge in [-0.3, -0.25) is 4.55 Å². The zero-order valence-corrected chi connectivity index (χ0v) is 15.8. The van der Waals surface area contributed by atoms with Crippen molar-refractivity contribution in [3.05, 3.63) is 48.0 Å². The van der Waals surface area contributed by atoms with Gasteiger partial charge in [0.15, 0.2) is 11.5 Å². The quantitative estimate of drug-likeness (QED) is 0.431. The predicted octanol–water partition coefficient (Wildman–Crippen LogP) is 5.33. The molecule has 2 N–H and O–H groups in total. The molecule has 0 saturated carbocycles. The lowest BCUT2D eigenvalue weighted by atomic mass is 10.0. The van der Waals surface area contributed by atoms with Gasteiger partial charge in [-0.2, -0.15) is 8.42 Å². The van der Waals surface area contributed by atoms with Gasteiger partial charge < -0.3 is 9.84 Å². The smallest absolute Gasteiger partial charge is 0.298 e. The largest absolute Gasteiger partial charge is 0.504 e. The van der Waals surface area contributed by atoms with Crippen LogP contribution < -0.4 is 4.74 Å². The average Bonchev–Trinajstić information content (AvgIpc) is 2.59. The molecule has 0 unspecified atom stereocenters. The zero-order valence-electron chi connectivity index (χ0n) is 15.0. The normalized spacial score (nSPS) is 11.5. The highest BCUT2D eigenvalue weighted by Crippen LogP contribution is 2.37. The molecule has 0 amide bonds. The minimum atomic E-state index is -4.50. The van der Waals surface area contributed by atoms with E-state index in [0.717, 1.165) is 18.4 Å². The van der Waals surface area contributed by atoms with E-state index in [-0.39, 0.29) is 11.5 Å². The van der Waals surface area contributed by atoms with Crippen LogP contribution in [0.3, 0.4) is 0 Å². The summed E-state index contributed by atoms with van der Waals surface area (Å²) in [6.07, 6.45) is 8.19. The summed E-state index contributed by atoms with van der Waals surface area (Å²) in [6.45, 7) is 2.20. The highest BCUT2D eigenvalue weighted by molar-refractivity contribution is 7.86. The number of aromatic hydroxyl groups is 1. The molecule has 0 aliphatic rings. The minimum absolute atomic E-state index is 0.272. The van der Waals surface area contributed by atoms with E-state index in [2.05, 4.69) is 6.92 Å². The van der Waals surface area contributed by atoms with Crippen molar-refractivity contribution in [3.63, 3.8) is 0 Å². The lowest BCUT2D eigenvalue weighted by molar-refractivity contribution is 0.397. The van der Waals surface area contributed by atoms with Crippen molar-refractivity contribution in [2.24, 2.45) is 0 Å². The zero-order chi connectivity index (χ0) is 19.0. The summed E-state index contributed by atoms with van der Waals surface area (Å²) in [5.41, 5.74) is 1.09. The van der Waals surface area contributed by atoms with E-state index < -0.39 is 15.0 Å². The fraction of sp³-hybridized carbons (Fsp3) is 0.400. The molecule has 0 heterocycles. The molecule has 6 heteroatoms. The monoisotopic (exact) mass is 378 g/mol. The third kappa shape index (κ3) is 6.04. The topological polar surface area (TPSA) is 83.8 Å². The van der Waals surface area contributed by atoms with Crippen LogP contribution in [0.4, 0.5) is 0 Å². The van der Waals surface area contributed by atoms with Crippen molar-refractivity contribution in [3.8, 4) is 17.2 Å². The molecule has 0 radical (unpaired) electrons. The lowest BCUT2D eigenvalue weighted by Gasteiger charge is -2.12. The van der Waals surface area contributed by atoms with Crippen LogP contribution >= 0.6 is 0 Å². The maximum absolute atomic E-state index is 11.5. The van der Waals surface area contributed by atoms with Crippen LogP contribution in [0.2, 0.25) is 0 Å². The van der Waals surface area contributed by atoms with Gasteiger partial charge in [0.05, 0.1) is 0 Å². The Balaban J connectivity index is 2.05. The van der Waals surface area contributed by atoms with Crippen molar-refractivity contribution >= 4 is 10.1 Å². The van der Waals surface area contributed by atoms with Crippen LogP contribution in [-0.4, -0.2) is 18.1 Å². The van der Waals surface area contributed by atoms with E-state index in [1.165, 1.54) is 50.3 Å².